The number of benzene rings is 1. The Bertz CT molecular complexity index is 487. The van der Waals surface area contributed by atoms with E-state index in [1.165, 1.54) is 7.11 Å². The molecule has 0 unspecified atom stereocenters. The molecule has 0 aliphatic rings. The van der Waals surface area contributed by atoms with E-state index in [9.17, 15) is 4.79 Å². The molecule has 0 heterocycles. The first-order valence-electron chi connectivity index (χ1n) is 5.81. The van der Waals surface area contributed by atoms with Crippen molar-refractivity contribution in [3.63, 3.8) is 0 Å². The topological polar surface area (TPSA) is 87.1 Å². The van der Waals surface area contributed by atoms with E-state index in [4.69, 9.17) is 21.9 Å². The van der Waals surface area contributed by atoms with Gasteiger partial charge >= 0.3 is 0 Å². The van der Waals surface area contributed by atoms with E-state index >= 15 is 0 Å². The van der Waals surface area contributed by atoms with Crippen LogP contribution in [0.3, 0.4) is 0 Å². The van der Waals surface area contributed by atoms with Crippen LogP contribution in [0.2, 0.25) is 5.02 Å². The number of ether oxygens (including phenoxy) is 1. The highest BCUT2D eigenvalue weighted by Crippen LogP contribution is 2.22. The van der Waals surface area contributed by atoms with Gasteiger partial charge in [-0.2, -0.15) is 0 Å². The number of carbonyl (C=O) groups is 1. The zero-order valence-electron chi connectivity index (χ0n) is 10.6. The lowest BCUT2D eigenvalue weighted by Crippen LogP contribution is -2.25. The Morgan fingerprint density at radius 3 is 3.00 bits per heavy atom. The molecule has 1 aromatic rings. The van der Waals surface area contributed by atoms with Gasteiger partial charge in [0, 0.05) is 23.0 Å². The lowest BCUT2D eigenvalue weighted by molar-refractivity contribution is 0.0950. The third-order valence-corrected chi connectivity index (χ3v) is 2.67. The quantitative estimate of drug-likeness (QED) is 0.360. The number of hydrogen-bond donors (Lipinski definition) is 1. The van der Waals surface area contributed by atoms with E-state index in [-0.39, 0.29) is 5.91 Å². The van der Waals surface area contributed by atoms with Crippen LogP contribution >= 0.6 is 11.6 Å². The molecular formula is C12H15ClN4O2. The first-order chi connectivity index (χ1) is 9.19. The van der Waals surface area contributed by atoms with Crippen molar-refractivity contribution in [1.29, 1.82) is 0 Å². The highest BCUT2D eigenvalue weighted by Gasteiger charge is 2.11. The van der Waals surface area contributed by atoms with Gasteiger partial charge in [-0.3, -0.25) is 4.79 Å². The van der Waals surface area contributed by atoms with Crippen LogP contribution in [0.5, 0.6) is 5.75 Å². The highest BCUT2D eigenvalue weighted by molar-refractivity contribution is 6.31. The SMILES string of the molecule is COc1ccc(Cl)cc1C(=O)NCCCCN=[N+]=[N-]. The fraction of sp³-hybridized carbons (Fsp3) is 0.417. The van der Waals surface area contributed by atoms with Crippen molar-refractivity contribution >= 4 is 17.5 Å². The van der Waals surface area contributed by atoms with Gasteiger partial charge in [0.05, 0.1) is 12.7 Å². The number of unbranched alkanes of at least 4 members (excludes halogenated alkanes) is 1. The Kier molecular flexibility index (Phi) is 6.57. The van der Waals surface area contributed by atoms with Crippen LogP contribution in [-0.4, -0.2) is 26.1 Å². The monoisotopic (exact) mass is 282 g/mol. The number of rotatable bonds is 7. The van der Waals surface area contributed by atoms with Crippen LogP contribution in [0.4, 0.5) is 0 Å². The van der Waals surface area contributed by atoms with Crippen molar-refractivity contribution in [3.8, 4) is 5.75 Å². The Labute approximate surface area is 116 Å². The summed E-state index contributed by atoms with van der Waals surface area (Å²) in [5, 5.41) is 6.66. The summed E-state index contributed by atoms with van der Waals surface area (Å²) in [4.78, 5) is 14.6. The second kappa shape index (κ2) is 8.24. The molecule has 19 heavy (non-hydrogen) atoms. The van der Waals surface area contributed by atoms with Crippen molar-refractivity contribution in [2.45, 2.75) is 12.8 Å². The molecule has 0 radical (unpaired) electrons. The summed E-state index contributed by atoms with van der Waals surface area (Å²) in [6.07, 6.45) is 1.48. The molecule has 1 aromatic carbocycles. The summed E-state index contributed by atoms with van der Waals surface area (Å²) >= 11 is 5.85. The van der Waals surface area contributed by atoms with E-state index in [1.807, 2.05) is 0 Å². The largest absolute Gasteiger partial charge is 0.496 e. The third kappa shape index (κ3) is 5.07. The number of hydrogen-bond acceptors (Lipinski definition) is 3. The van der Waals surface area contributed by atoms with Crippen molar-refractivity contribution < 1.29 is 9.53 Å². The number of nitrogens with zero attached hydrogens (tertiary/aromatic N) is 3. The average Bonchev–Trinajstić information content (AvgIpc) is 2.42. The molecule has 0 spiro atoms. The zero-order valence-corrected chi connectivity index (χ0v) is 11.4. The second-order valence-corrected chi connectivity index (χ2v) is 4.20. The van der Waals surface area contributed by atoms with Gasteiger partial charge in [-0.15, -0.1) is 0 Å². The molecule has 1 amide bonds. The molecule has 1 N–H and O–H groups in total. The van der Waals surface area contributed by atoms with Gasteiger partial charge in [0.15, 0.2) is 0 Å². The number of carbonyl (C=O) groups excluding carboxylic acids is 1. The molecule has 6 nitrogen and oxygen atoms in total. The van der Waals surface area contributed by atoms with E-state index in [0.29, 0.717) is 29.4 Å². The predicted octanol–water partition coefficient (Wildman–Crippen LogP) is 3.17. The van der Waals surface area contributed by atoms with Crippen molar-refractivity contribution in [1.82, 2.24) is 5.32 Å². The molecule has 0 aliphatic heterocycles. The van der Waals surface area contributed by atoms with Crippen LogP contribution < -0.4 is 10.1 Å². The molecule has 0 atom stereocenters. The average molecular weight is 283 g/mol. The summed E-state index contributed by atoms with van der Waals surface area (Å²) in [5.74, 6) is 0.249. The van der Waals surface area contributed by atoms with Gasteiger partial charge in [0.1, 0.15) is 5.75 Å². The predicted molar refractivity (Wildman–Crippen MR) is 73.6 cm³/mol. The lowest BCUT2D eigenvalue weighted by atomic mass is 10.2. The molecule has 0 aliphatic carbocycles. The lowest BCUT2D eigenvalue weighted by Gasteiger charge is -2.09. The van der Waals surface area contributed by atoms with E-state index in [1.54, 1.807) is 18.2 Å². The number of azide groups is 1. The van der Waals surface area contributed by atoms with Crippen molar-refractivity contribution in [2.75, 3.05) is 20.2 Å². The summed E-state index contributed by atoms with van der Waals surface area (Å²) in [5.41, 5.74) is 8.51. The Morgan fingerprint density at radius 2 is 2.32 bits per heavy atom. The fourth-order valence-electron chi connectivity index (χ4n) is 1.51. The Hall–Kier alpha value is -1.91. The Balaban J connectivity index is 2.49. The van der Waals surface area contributed by atoms with Crippen LogP contribution in [0.15, 0.2) is 23.3 Å². The van der Waals surface area contributed by atoms with Crippen molar-refractivity contribution in [3.05, 3.63) is 39.2 Å². The number of amides is 1. The van der Waals surface area contributed by atoms with Gasteiger partial charge in [-0.25, -0.2) is 0 Å². The maximum absolute atomic E-state index is 11.9. The minimum absolute atomic E-state index is 0.233. The van der Waals surface area contributed by atoms with E-state index in [0.717, 1.165) is 12.8 Å². The second-order valence-electron chi connectivity index (χ2n) is 3.76. The van der Waals surface area contributed by atoms with Crippen LogP contribution in [0.25, 0.3) is 10.4 Å². The maximum atomic E-state index is 11.9. The Morgan fingerprint density at radius 1 is 1.53 bits per heavy atom. The minimum Gasteiger partial charge on any atom is -0.496 e. The molecule has 0 bridgehead atoms. The summed E-state index contributed by atoms with van der Waals surface area (Å²) in [7, 11) is 1.50. The normalized spacial score (nSPS) is 9.58. The van der Waals surface area contributed by atoms with Gasteiger partial charge in [0.2, 0.25) is 0 Å². The van der Waals surface area contributed by atoms with Crippen LogP contribution in [0, 0.1) is 0 Å². The summed E-state index contributed by atoms with van der Waals surface area (Å²) < 4.78 is 5.11. The van der Waals surface area contributed by atoms with Crippen LogP contribution in [-0.2, 0) is 0 Å². The summed E-state index contributed by atoms with van der Waals surface area (Å²) in [6.45, 7) is 0.947. The van der Waals surface area contributed by atoms with Crippen LogP contribution in [0.1, 0.15) is 23.2 Å². The first-order valence-corrected chi connectivity index (χ1v) is 6.19. The number of methoxy groups -OCH3 is 1. The highest BCUT2D eigenvalue weighted by atomic mass is 35.5. The number of halogens is 1. The molecule has 102 valence electrons. The molecule has 7 heteroatoms. The minimum atomic E-state index is -0.233. The van der Waals surface area contributed by atoms with Gasteiger partial charge < -0.3 is 10.1 Å². The molecule has 0 saturated carbocycles. The van der Waals surface area contributed by atoms with Crippen molar-refractivity contribution in [2.24, 2.45) is 5.11 Å². The summed E-state index contributed by atoms with van der Waals surface area (Å²) in [6, 6.07) is 4.88. The smallest absolute Gasteiger partial charge is 0.255 e. The van der Waals surface area contributed by atoms with E-state index in [2.05, 4.69) is 15.3 Å². The molecule has 1 rings (SSSR count). The maximum Gasteiger partial charge on any atom is 0.255 e. The third-order valence-electron chi connectivity index (χ3n) is 2.44. The standard InChI is InChI=1S/C12H15ClN4O2/c1-19-11-5-4-9(13)8-10(11)12(18)15-6-2-3-7-16-17-14/h4-5,8H,2-3,6-7H2,1H3,(H,15,18). The molecule has 0 saturated heterocycles. The van der Waals surface area contributed by atoms with Gasteiger partial charge in [-0.05, 0) is 36.6 Å². The first kappa shape index (κ1) is 15.1. The van der Waals surface area contributed by atoms with Gasteiger partial charge in [-0.1, -0.05) is 16.7 Å². The van der Waals surface area contributed by atoms with E-state index < -0.39 is 0 Å². The molecule has 0 fully saturated rings. The fourth-order valence-corrected chi connectivity index (χ4v) is 1.68. The molecular weight excluding hydrogens is 268 g/mol. The van der Waals surface area contributed by atoms with Gasteiger partial charge in [0.25, 0.3) is 5.91 Å². The molecule has 0 aromatic heterocycles. The number of nitrogens with one attached hydrogen (secondary N) is 1. The zero-order chi connectivity index (χ0) is 14.1.